The fourth-order valence-electron chi connectivity index (χ4n) is 1.92. The lowest BCUT2D eigenvalue weighted by Crippen LogP contribution is -2.37. The van der Waals surface area contributed by atoms with Gasteiger partial charge in [-0.15, -0.1) is 0 Å². The van der Waals surface area contributed by atoms with Crippen LogP contribution in [0.3, 0.4) is 0 Å². The van der Waals surface area contributed by atoms with Crippen molar-refractivity contribution in [1.29, 1.82) is 0 Å². The van der Waals surface area contributed by atoms with E-state index in [1.165, 1.54) is 0 Å². The molecule has 1 fully saturated rings. The van der Waals surface area contributed by atoms with Crippen molar-refractivity contribution in [1.82, 2.24) is 10.3 Å². The minimum atomic E-state index is -2.78. The molecule has 1 aliphatic rings. The SMILES string of the molecule is CCc1cnc(CNC2CCS(=O)(=O)CC2)o1. The molecule has 1 aromatic rings. The molecule has 1 N–H and O–H groups in total. The molecule has 96 valence electrons. The predicted octanol–water partition coefficient (Wildman–Crippen LogP) is 0.904. The van der Waals surface area contributed by atoms with Gasteiger partial charge in [0.2, 0.25) is 5.89 Å². The van der Waals surface area contributed by atoms with Gasteiger partial charge in [0.1, 0.15) is 15.6 Å². The first-order valence-corrected chi connectivity index (χ1v) is 7.78. The number of rotatable bonds is 4. The van der Waals surface area contributed by atoms with Crippen LogP contribution in [0, 0.1) is 0 Å². The third kappa shape index (κ3) is 3.54. The Morgan fingerprint density at radius 1 is 1.47 bits per heavy atom. The highest BCUT2D eigenvalue weighted by Gasteiger charge is 2.23. The number of aryl methyl sites for hydroxylation is 1. The molecule has 0 spiro atoms. The van der Waals surface area contributed by atoms with Gasteiger partial charge < -0.3 is 9.73 Å². The molecule has 2 heterocycles. The summed E-state index contributed by atoms with van der Waals surface area (Å²) < 4.78 is 28.0. The Kier molecular flexibility index (Phi) is 3.83. The fraction of sp³-hybridized carbons (Fsp3) is 0.727. The Hall–Kier alpha value is -0.880. The van der Waals surface area contributed by atoms with Gasteiger partial charge in [-0.2, -0.15) is 0 Å². The van der Waals surface area contributed by atoms with Crippen molar-refractivity contribution in [2.45, 2.75) is 38.8 Å². The Morgan fingerprint density at radius 2 is 2.18 bits per heavy atom. The van der Waals surface area contributed by atoms with Gasteiger partial charge in [-0.05, 0) is 12.8 Å². The summed E-state index contributed by atoms with van der Waals surface area (Å²) in [6.07, 6.45) is 3.95. The van der Waals surface area contributed by atoms with Crippen molar-refractivity contribution in [3.63, 3.8) is 0 Å². The number of hydrogen-bond acceptors (Lipinski definition) is 5. The van der Waals surface area contributed by atoms with Gasteiger partial charge in [0.15, 0.2) is 0 Å². The maximum Gasteiger partial charge on any atom is 0.208 e. The Balaban J connectivity index is 1.79. The second-order valence-corrected chi connectivity index (χ2v) is 6.68. The molecule has 0 unspecified atom stereocenters. The van der Waals surface area contributed by atoms with Gasteiger partial charge in [-0.1, -0.05) is 6.92 Å². The second kappa shape index (κ2) is 5.18. The van der Waals surface area contributed by atoms with E-state index in [9.17, 15) is 8.42 Å². The molecule has 1 saturated heterocycles. The highest BCUT2D eigenvalue weighted by Crippen LogP contribution is 2.13. The van der Waals surface area contributed by atoms with Gasteiger partial charge in [-0.3, -0.25) is 0 Å². The molecule has 0 bridgehead atoms. The lowest BCUT2D eigenvalue weighted by Gasteiger charge is -2.22. The van der Waals surface area contributed by atoms with E-state index in [1.807, 2.05) is 6.92 Å². The largest absolute Gasteiger partial charge is 0.444 e. The number of aromatic nitrogens is 1. The van der Waals surface area contributed by atoms with E-state index in [2.05, 4.69) is 10.3 Å². The van der Waals surface area contributed by atoms with Crippen LogP contribution in [0.1, 0.15) is 31.4 Å². The second-order valence-electron chi connectivity index (χ2n) is 4.38. The monoisotopic (exact) mass is 258 g/mol. The van der Waals surface area contributed by atoms with Gasteiger partial charge in [0.05, 0.1) is 24.2 Å². The highest BCUT2D eigenvalue weighted by atomic mass is 32.2. The molecule has 0 aliphatic carbocycles. The lowest BCUT2D eigenvalue weighted by molar-refractivity contribution is 0.399. The van der Waals surface area contributed by atoms with Crippen LogP contribution in [-0.2, 0) is 22.8 Å². The topological polar surface area (TPSA) is 72.2 Å². The summed E-state index contributed by atoms with van der Waals surface area (Å²) in [5.74, 6) is 2.13. The average molecular weight is 258 g/mol. The Labute approximate surface area is 102 Å². The molecule has 6 heteroatoms. The van der Waals surface area contributed by atoms with Crippen molar-refractivity contribution < 1.29 is 12.8 Å². The van der Waals surface area contributed by atoms with Crippen LogP contribution in [0.4, 0.5) is 0 Å². The van der Waals surface area contributed by atoms with Crippen molar-refractivity contribution >= 4 is 9.84 Å². The summed E-state index contributed by atoms with van der Waals surface area (Å²) in [4.78, 5) is 4.15. The summed E-state index contributed by atoms with van der Waals surface area (Å²) in [5, 5.41) is 3.29. The van der Waals surface area contributed by atoms with Crippen molar-refractivity contribution in [3.8, 4) is 0 Å². The van der Waals surface area contributed by atoms with Crippen LogP contribution in [0.2, 0.25) is 0 Å². The van der Waals surface area contributed by atoms with Gasteiger partial charge in [-0.25, -0.2) is 13.4 Å². The van der Waals surface area contributed by atoms with E-state index in [4.69, 9.17) is 4.42 Å². The normalized spacial score (nSPS) is 20.5. The van der Waals surface area contributed by atoms with E-state index in [-0.39, 0.29) is 17.5 Å². The zero-order valence-corrected chi connectivity index (χ0v) is 10.8. The fourth-order valence-corrected chi connectivity index (χ4v) is 3.41. The van der Waals surface area contributed by atoms with E-state index in [1.54, 1.807) is 6.20 Å². The molecule has 0 aromatic carbocycles. The molecule has 5 nitrogen and oxygen atoms in total. The van der Waals surface area contributed by atoms with E-state index in [0.29, 0.717) is 25.3 Å². The quantitative estimate of drug-likeness (QED) is 0.869. The summed E-state index contributed by atoms with van der Waals surface area (Å²) >= 11 is 0. The smallest absolute Gasteiger partial charge is 0.208 e. The number of sulfone groups is 1. The molecule has 17 heavy (non-hydrogen) atoms. The van der Waals surface area contributed by atoms with Gasteiger partial charge in [0.25, 0.3) is 0 Å². The first-order chi connectivity index (χ1) is 8.09. The zero-order chi connectivity index (χ0) is 12.3. The average Bonchev–Trinajstić information content (AvgIpc) is 2.75. The summed E-state index contributed by atoms with van der Waals surface area (Å²) in [6.45, 7) is 2.59. The number of oxazole rings is 1. The van der Waals surface area contributed by atoms with Crippen molar-refractivity contribution in [2.75, 3.05) is 11.5 Å². The van der Waals surface area contributed by atoms with Gasteiger partial charge in [0, 0.05) is 12.5 Å². The van der Waals surface area contributed by atoms with Crippen molar-refractivity contribution in [3.05, 3.63) is 17.8 Å². The first kappa shape index (κ1) is 12.6. The Bertz CT molecular complexity index is 453. The van der Waals surface area contributed by atoms with Crippen LogP contribution < -0.4 is 5.32 Å². The number of nitrogens with one attached hydrogen (secondary N) is 1. The molecule has 0 radical (unpaired) electrons. The molecule has 0 atom stereocenters. The van der Waals surface area contributed by atoms with Crippen LogP contribution in [0.25, 0.3) is 0 Å². The Morgan fingerprint density at radius 3 is 2.76 bits per heavy atom. The van der Waals surface area contributed by atoms with E-state index < -0.39 is 9.84 Å². The molecular formula is C11H18N2O3S. The predicted molar refractivity (Wildman–Crippen MR) is 64.4 cm³/mol. The third-order valence-electron chi connectivity index (χ3n) is 3.05. The van der Waals surface area contributed by atoms with E-state index in [0.717, 1.165) is 12.2 Å². The molecular weight excluding hydrogens is 240 g/mol. The van der Waals surface area contributed by atoms with Crippen LogP contribution in [0.5, 0.6) is 0 Å². The maximum absolute atomic E-state index is 11.3. The van der Waals surface area contributed by atoms with Gasteiger partial charge >= 0.3 is 0 Å². The molecule has 2 rings (SSSR count). The molecule has 0 saturated carbocycles. The number of nitrogens with zero attached hydrogens (tertiary/aromatic N) is 1. The highest BCUT2D eigenvalue weighted by molar-refractivity contribution is 7.91. The van der Waals surface area contributed by atoms with Crippen molar-refractivity contribution in [2.24, 2.45) is 0 Å². The summed E-state index contributed by atoms with van der Waals surface area (Å²) in [7, 11) is -2.78. The van der Waals surface area contributed by atoms with Crippen LogP contribution in [0.15, 0.2) is 10.6 Å². The van der Waals surface area contributed by atoms with Crippen LogP contribution in [-0.4, -0.2) is 30.9 Å². The minimum Gasteiger partial charge on any atom is -0.444 e. The summed E-state index contributed by atoms with van der Waals surface area (Å²) in [6, 6.07) is 0.260. The zero-order valence-electron chi connectivity index (χ0n) is 9.98. The molecule has 1 aromatic heterocycles. The first-order valence-electron chi connectivity index (χ1n) is 5.96. The summed E-state index contributed by atoms with van der Waals surface area (Å²) in [5.41, 5.74) is 0. The van der Waals surface area contributed by atoms with Crippen LogP contribution >= 0.6 is 0 Å². The molecule has 1 aliphatic heterocycles. The number of hydrogen-bond donors (Lipinski definition) is 1. The maximum atomic E-state index is 11.3. The lowest BCUT2D eigenvalue weighted by atomic mass is 10.1. The third-order valence-corrected chi connectivity index (χ3v) is 4.76. The standard InChI is InChI=1S/C11H18N2O3S/c1-2-10-7-13-11(16-10)8-12-9-3-5-17(14,15)6-4-9/h7,9,12H,2-6,8H2,1H3. The molecule has 0 amide bonds. The minimum absolute atomic E-state index is 0.260. The van der Waals surface area contributed by atoms with E-state index >= 15 is 0 Å².